The Morgan fingerprint density at radius 3 is 2.24 bits per heavy atom. The van der Waals surface area contributed by atoms with Crippen LogP contribution >= 0.6 is 0 Å². The fourth-order valence-electron chi connectivity index (χ4n) is 3.45. The highest BCUT2D eigenvalue weighted by atomic mass is 16.2. The fraction of sp³-hybridized carbons (Fsp3) is 0.857. The maximum atomic E-state index is 13.3. The summed E-state index contributed by atoms with van der Waals surface area (Å²) in [5.74, 6) is -0.402. The van der Waals surface area contributed by atoms with E-state index in [9.17, 15) is 14.4 Å². The molecule has 0 aliphatic carbocycles. The molecule has 1 rings (SSSR count). The van der Waals surface area contributed by atoms with E-state index >= 15 is 0 Å². The van der Waals surface area contributed by atoms with Crippen molar-refractivity contribution in [3.63, 3.8) is 0 Å². The van der Waals surface area contributed by atoms with Gasteiger partial charge in [-0.05, 0) is 39.2 Å². The molecule has 1 saturated heterocycles. The molecule has 4 N–H and O–H groups in total. The number of carbonyl (C=O) groups excluding carboxylic acids is 3. The summed E-state index contributed by atoms with van der Waals surface area (Å²) in [7, 11) is 1.69. The third kappa shape index (κ3) is 8.30. The van der Waals surface area contributed by atoms with Gasteiger partial charge in [-0.3, -0.25) is 14.4 Å². The molecule has 29 heavy (non-hydrogen) atoms. The molecule has 0 spiro atoms. The van der Waals surface area contributed by atoms with Gasteiger partial charge in [0.05, 0.1) is 13.1 Å². The monoisotopic (exact) mass is 413 g/mol. The van der Waals surface area contributed by atoms with Gasteiger partial charge in [0, 0.05) is 25.2 Å². The fourth-order valence-corrected chi connectivity index (χ4v) is 3.45. The van der Waals surface area contributed by atoms with E-state index in [0.29, 0.717) is 13.1 Å². The van der Waals surface area contributed by atoms with Crippen LogP contribution in [0.4, 0.5) is 0 Å². The summed E-state index contributed by atoms with van der Waals surface area (Å²) < 4.78 is 0. The second-order valence-electron chi connectivity index (χ2n) is 8.57. The quantitative estimate of drug-likeness (QED) is 0.549. The molecular formula is C21H43N5O3. The first-order valence-electron chi connectivity index (χ1n) is 10.8. The topological polar surface area (TPSA) is 108 Å². The summed E-state index contributed by atoms with van der Waals surface area (Å²) in [5.41, 5.74) is 5.12. The van der Waals surface area contributed by atoms with E-state index in [1.54, 1.807) is 11.9 Å². The van der Waals surface area contributed by atoms with E-state index in [2.05, 4.69) is 10.6 Å². The van der Waals surface area contributed by atoms with Gasteiger partial charge < -0.3 is 26.2 Å². The zero-order valence-electron chi connectivity index (χ0n) is 19.7. The molecule has 2 unspecified atom stereocenters. The molecule has 1 aliphatic rings. The number of rotatable bonds is 8. The van der Waals surface area contributed by atoms with Crippen LogP contribution in [0.3, 0.4) is 0 Å². The summed E-state index contributed by atoms with van der Waals surface area (Å²) >= 11 is 0. The number of nitrogens with one attached hydrogen (secondary N) is 2. The van der Waals surface area contributed by atoms with E-state index in [1.807, 2.05) is 53.4 Å². The van der Waals surface area contributed by atoms with Crippen LogP contribution in [0.2, 0.25) is 0 Å². The molecule has 8 heteroatoms. The van der Waals surface area contributed by atoms with Crippen LogP contribution in [0.5, 0.6) is 0 Å². The molecule has 1 aliphatic heterocycles. The molecular weight excluding hydrogens is 370 g/mol. The van der Waals surface area contributed by atoms with Gasteiger partial charge in [-0.15, -0.1) is 0 Å². The SMILES string of the molecule is CC.CNCC(=O)NC(C(=O)N1CCCC1CN(C(=O)CN)C(C)C)C(C)(C)C. The van der Waals surface area contributed by atoms with E-state index in [-0.39, 0.29) is 42.9 Å². The molecule has 2 atom stereocenters. The Labute approximate surface area is 176 Å². The number of hydrogen-bond donors (Lipinski definition) is 3. The Morgan fingerprint density at radius 2 is 1.79 bits per heavy atom. The van der Waals surface area contributed by atoms with Crippen molar-refractivity contribution in [2.24, 2.45) is 11.1 Å². The highest BCUT2D eigenvalue weighted by molar-refractivity contribution is 5.89. The molecule has 0 aromatic heterocycles. The number of nitrogens with two attached hydrogens (primary N) is 1. The van der Waals surface area contributed by atoms with Crippen molar-refractivity contribution in [1.82, 2.24) is 20.4 Å². The first-order valence-corrected chi connectivity index (χ1v) is 10.8. The minimum Gasteiger partial charge on any atom is -0.343 e. The molecule has 3 amide bonds. The lowest BCUT2D eigenvalue weighted by Crippen LogP contribution is -2.58. The van der Waals surface area contributed by atoms with E-state index < -0.39 is 11.5 Å². The number of hydrogen-bond acceptors (Lipinski definition) is 5. The summed E-state index contributed by atoms with van der Waals surface area (Å²) in [6.45, 7) is 15.0. The van der Waals surface area contributed by atoms with Crippen LogP contribution in [0, 0.1) is 5.41 Å². The molecule has 0 aromatic carbocycles. The summed E-state index contributed by atoms with van der Waals surface area (Å²) in [4.78, 5) is 41.1. The van der Waals surface area contributed by atoms with Gasteiger partial charge in [-0.25, -0.2) is 0 Å². The van der Waals surface area contributed by atoms with Gasteiger partial charge in [0.15, 0.2) is 0 Å². The van der Waals surface area contributed by atoms with E-state index in [0.717, 1.165) is 12.8 Å². The van der Waals surface area contributed by atoms with Gasteiger partial charge in [0.2, 0.25) is 17.7 Å². The summed E-state index contributed by atoms with van der Waals surface area (Å²) in [6, 6.07) is -0.648. The summed E-state index contributed by atoms with van der Waals surface area (Å²) in [6.07, 6.45) is 1.73. The lowest BCUT2D eigenvalue weighted by Gasteiger charge is -2.38. The predicted octanol–water partition coefficient (Wildman–Crippen LogP) is 0.950. The van der Waals surface area contributed by atoms with Gasteiger partial charge >= 0.3 is 0 Å². The average molecular weight is 414 g/mol. The number of likely N-dealkylation sites (tertiary alicyclic amines) is 1. The first-order chi connectivity index (χ1) is 13.5. The van der Waals surface area contributed by atoms with Crippen molar-refractivity contribution in [1.29, 1.82) is 0 Å². The highest BCUT2D eigenvalue weighted by Crippen LogP contribution is 2.26. The maximum Gasteiger partial charge on any atom is 0.246 e. The van der Waals surface area contributed by atoms with Crippen LogP contribution in [0.1, 0.15) is 61.3 Å². The third-order valence-electron chi connectivity index (χ3n) is 4.94. The molecule has 0 bridgehead atoms. The molecule has 170 valence electrons. The Bertz CT molecular complexity index is 531. The first kappa shape index (κ1) is 27.3. The predicted molar refractivity (Wildman–Crippen MR) is 117 cm³/mol. The lowest BCUT2D eigenvalue weighted by atomic mass is 9.85. The standard InChI is InChI=1S/C19H37N5O3.C2H6/c1-13(2)24(16(26)10-20)12-14-8-7-9-23(14)18(27)17(19(3,4)5)22-15(25)11-21-6;1-2/h13-14,17,21H,7-12,20H2,1-6H3,(H,22,25);1-2H3. The van der Waals surface area contributed by atoms with Crippen molar-refractivity contribution in [2.75, 3.05) is 33.2 Å². The van der Waals surface area contributed by atoms with Crippen LogP contribution in [-0.2, 0) is 14.4 Å². The third-order valence-corrected chi connectivity index (χ3v) is 4.94. The molecule has 1 fully saturated rings. The van der Waals surface area contributed by atoms with Crippen molar-refractivity contribution in [3.05, 3.63) is 0 Å². The molecule has 0 aromatic rings. The highest BCUT2D eigenvalue weighted by Gasteiger charge is 2.40. The maximum absolute atomic E-state index is 13.3. The molecule has 0 saturated carbocycles. The van der Waals surface area contributed by atoms with E-state index in [1.165, 1.54) is 0 Å². The summed E-state index contributed by atoms with van der Waals surface area (Å²) in [5, 5.41) is 5.68. The Morgan fingerprint density at radius 1 is 1.21 bits per heavy atom. The van der Waals surface area contributed by atoms with Crippen LogP contribution in [0.25, 0.3) is 0 Å². The number of likely N-dealkylation sites (N-methyl/N-ethyl adjacent to an activating group) is 1. The second-order valence-corrected chi connectivity index (χ2v) is 8.57. The van der Waals surface area contributed by atoms with Crippen LogP contribution < -0.4 is 16.4 Å². The van der Waals surface area contributed by atoms with Crippen molar-refractivity contribution >= 4 is 17.7 Å². The Kier molecular flexibility index (Phi) is 12.1. The minimum atomic E-state index is -0.614. The van der Waals surface area contributed by atoms with Crippen LogP contribution in [0.15, 0.2) is 0 Å². The van der Waals surface area contributed by atoms with E-state index in [4.69, 9.17) is 5.73 Å². The smallest absolute Gasteiger partial charge is 0.246 e. The number of nitrogens with zero attached hydrogens (tertiary/aromatic N) is 2. The average Bonchev–Trinajstić information content (AvgIpc) is 3.12. The normalized spacial score (nSPS) is 17.4. The van der Waals surface area contributed by atoms with Gasteiger partial charge in [-0.2, -0.15) is 0 Å². The Balaban J connectivity index is 0.00000379. The zero-order valence-corrected chi connectivity index (χ0v) is 19.7. The van der Waals surface area contributed by atoms with Gasteiger partial charge in [0.1, 0.15) is 6.04 Å². The lowest BCUT2D eigenvalue weighted by molar-refractivity contribution is -0.142. The van der Waals surface area contributed by atoms with Crippen molar-refractivity contribution < 1.29 is 14.4 Å². The largest absolute Gasteiger partial charge is 0.343 e. The minimum absolute atomic E-state index is 0.0207. The number of carbonyl (C=O) groups is 3. The molecule has 0 radical (unpaired) electrons. The number of amides is 3. The second kappa shape index (κ2) is 12.8. The van der Waals surface area contributed by atoms with Crippen LogP contribution in [-0.4, -0.2) is 78.9 Å². The van der Waals surface area contributed by atoms with Crippen molar-refractivity contribution in [3.8, 4) is 0 Å². The van der Waals surface area contributed by atoms with Gasteiger partial charge in [-0.1, -0.05) is 34.6 Å². The molecule has 8 nitrogen and oxygen atoms in total. The Hall–Kier alpha value is -1.67. The van der Waals surface area contributed by atoms with Crippen molar-refractivity contribution in [2.45, 2.75) is 79.4 Å². The molecule has 1 heterocycles. The van der Waals surface area contributed by atoms with Gasteiger partial charge in [0.25, 0.3) is 0 Å². The zero-order chi connectivity index (χ0) is 22.8.